The first kappa shape index (κ1) is 22.7. The van der Waals surface area contributed by atoms with Crippen LogP contribution in [0.4, 0.5) is 9.52 Å². The van der Waals surface area contributed by atoms with Crippen LogP contribution in [0.25, 0.3) is 15.9 Å². The normalized spacial score (nSPS) is 11.0. The van der Waals surface area contributed by atoms with E-state index in [0.717, 1.165) is 9.60 Å². The maximum atomic E-state index is 13.4. The van der Waals surface area contributed by atoms with Crippen molar-refractivity contribution in [2.75, 3.05) is 11.9 Å². The molecule has 3 aromatic heterocycles. The highest BCUT2D eigenvalue weighted by molar-refractivity contribution is 7.99. The number of carbonyl (C=O) groups excluding carboxylic acids is 2. The first-order valence-electron chi connectivity index (χ1n) is 10.1. The number of aromatic nitrogens is 5. The van der Waals surface area contributed by atoms with E-state index in [0.29, 0.717) is 27.2 Å². The van der Waals surface area contributed by atoms with Gasteiger partial charge in [0, 0.05) is 24.0 Å². The van der Waals surface area contributed by atoms with Gasteiger partial charge in [0.15, 0.2) is 17.4 Å². The van der Waals surface area contributed by atoms with Crippen molar-refractivity contribution in [3.05, 3.63) is 60.4 Å². The Labute approximate surface area is 205 Å². The molecule has 1 N–H and O–H groups in total. The van der Waals surface area contributed by atoms with E-state index in [4.69, 9.17) is 4.74 Å². The van der Waals surface area contributed by atoms with Gasteiger partial charge in [-0.1, -0.05) is 17.4 Å². The molecule has 0 aliphatic heterocycles. The number of ether oxygens (including phenoxy) is 2. The molecule has 35 heavy (non-hydrogen) atoms. The van der Waals surface area contributed by atoms with Gasteiger partial charge in [-0.2, -0.15) is 4.52 Å². The molecule has 0 atom stereocenters. The fourth-order valence-corrected chi connectivity index (χ4v) is 4.79. The second kappa shape index (κ2) is 9.64. The number of hydrogen-bond donors (Lipinski definition) is 1. The Hall–Kier alpha value is -4.10. The average Bonchev–Trinajstić information content (AvgIpc) is 3.40. The largest absolute Gasteiger partial charge is 0.456 e. The van der Waals surface area contributed by atoms with Gasteiger partial charge in [0.1, 0.15) is 11.6 Å². The van der Waals surface area contributed by atoms with Crippen molar-refractivity contribution >= 4 is 56.0 Å². The number of hydrogen-bond acceptors (Lipinski definition) is 10. The van der Waals surface area contributed by atoms with E-state index in [9.17, 15) is 14.0 Å². The Bertz CT molecular complexity index is 1570. The predicted octanol–water partition coefficient (Wildman–Crippen LogP) is 4.32. The van der Waals surface area contributed by atoms with Gasteiger partial charge in [0.05, 0.1) is 10.2 Å². The van der Waals surface area contributed by atoms with Crippen LogP contribution in [0.1, 0.15) is 6.92 Å². The molecule has 3 heterocycles. The van der Waals surface area contributed by atoms with E-state index in [-0.39, 0.29) is 12.5 Å². The molecule has 0 aliphatic carbocycles. The monoisotopic (exact) mass is 510 g/mol. The number of thiazole rings is 1. The van der Waals surface area contributed by atoms with Crippen molar-refractivity contribution in [3.8, 4) is 11.6 Å². The number of rotatable bonds is 7. The topological polar surface area (TPSA) is 121 Å². The van der Waals surface area contributed by atoms with Crippen molar-refractivity contribution in [1.82, 2.24) is 24.8 Å². The summed E-state index contributed by atoms with van der Waals surface area (Å²) in [6.45, 7) is 0.862. The molecule has 13 heteroatoms. The zero-order valence-corrected chi connectivity index (χ0v) is 19.6. The second-order valence-corrected chi connectivity index (χ2v) is 9.13. The molecular formula is C22H15FN6O4S2. The molecule has 5 aromatic rings. The Morgan fingerprint density at radius 3 is 2.86 bits per heavy atom. The summed E-state index contributed by atoms with van der Waals surface area (Å²) in [4.78, 5) is 28.0. The molecule has 0 unspecified atom stereocenters. The highest BCUT2D eigenvalue weighted by atomic mass is 32.2. The number of nitrogens with one attached hydrogen (secondary N) is 1. The minimum Gasteiger partial charge on any atom is -0.456 e. The fraction of sp³-hybridized carbons (Fsp3) is 0.0909. The number of nitrogens with zero attached hydrogens (tertiary/aromatic N) is 5. The van der Waals surface area contributed by atoms with E-state index in [1.807, 2.05) is 18.2 Å². The number of benzene rings is 2. The van der Waals surface area contributed by atoms with Crippen molar-refractivity contribution in [2.24, 2.45) is 0 Å². The molecule has 1 amide bonds. The van der Waals surface area contributed by atoms with E-state index in [2.05, 4.69) is 30.3 Å². The molecule has 0 saturated carbocycles. The van der Waals surface area contributed by atoms with Gasteiger partial charge in [0.25, 0.3) is 5.91 Å². The molecule has 0 bridgehead atoms. The van der Waals surface area contributed by atoms with E-state index in [1.165, 1.54) is 46.7 Å². The van der Waals surface area contributed by atoms with Crippen molar-refractivity contribution in [2.45, 2.75) is 17.0 Å². The first-order valence-corrected chi connectivity index (χ1v) is 11.7. The van der Waals surface area contributed by atoms with Gasteiger partial charge in [-0.05, 0) is 48.2 Å². The highest BCUT2D eigenvalue weighted by Crippen LogP contribution is 2.33. The lowest BCUT2D eigenvalue weighted by Crippen LogP contribution is -2.19. The Morgan fingerprint density at radius 1 is 1.14 bits per heavy atom. The number of amides is 1. The lowest BCUT2D eigenvalue weighted by Gasteiger charge is -2.05. The third-order valence-electron chi connectivity index (χ3n) is 4.45. The van der Waals surface area contributed by atoms with Crippen molar-refractivity contribution < 1.29 is 23.5 Å². The summed E-state index contributed by atoms with van der Waals surface area (Å²) in [6, 6.07) is 14.7. The number of carbonyl (C=O) groups is 2. The number of halogens is 1. The molecule has 0 fully saturated rings. The average molecular weight is 511 g/mol. The summed E-state index contributed by atoms with van der Waals surface area (Å²) in [5, 5.41) is 16.3. The smallest absolute Gasteiger partial charge is 0.303 e. The molecular weight excluding hydrogens is 495 g/mol. The van der Waals surface area contributed by atoms with Crippen LogP contribution in [0.2, 0.25) is 0 Å². The Kier molecular flexibility index (Phi) is 6.25. The number of esters is 1. The minimum absolute atomic E-state index is 0.261. The summed E-state index contributed by atoms with van der Waals surface area (Å²) < 4.78 is 26.2. The van der Waals surface area contributed by atoms with Crippen LogP contribution >= 0.6 is 23.1 Å². The zero-order chi connectivity index (χ0) is 24.4. The van der Waals surface area contributed by atoms with E-state index >= 15 is 0 Å². The van der Waals surface area contributed by atoms with Gasteiger partial charge in [-0.15, -0.1) is 15.3 Å². The fourth-order valence-electron chi connectivity index (χ4n) is 2.97. The van der Waals surface area contributed by atoms with E-state index < -0.39 is 17.7 Å². The molecule has 10 nitrogen and oxygen atoms in total. The van der Waals surface area contributed by atoms with Crippen LogP contribution in [-0.2, 0) is 14.3 Å². The molecule has 176 valence electrons. The summed E-state index contributed by atoms with van der Waals surface area (Å²) in [5.74, 6) is -0.822. The van der Waals surface area contributed by atoms with Crippen LogP contribution in [-0.4, -0.2) is 43.3 Å². The molecule has 0 radical (unpaired) electrons. The summed E-state index contributed by atoms with van der Waals surface area (Å²) in [6.07, 6.45) is 0. The van der Waals surface area contributed by atoms with Gasteiger partial charge in [0.2, 0.25) is 11.0 Å². The standard InChI is InChI=1S/C22H15FN6O4S2/c1-12(30)32-11-19(31)25-21-24-16-6-5-15(10-17(16)35-21)34-22-27-26-18-7-8-20(28-29(18)22)33-14-4-2-3-13(23)9-14/h2-10H,11H2,1H3,(H,24,25,31). The second-order valence-electron chi connectivity index (χ2n) is 7.06. The molecule has 0 aliphatic rings. The SMILES string of the molecule is CC(=O)OCC(=O)Nc1nc2ccc(Sc3nnc4ccc(Oc5cccc(F)c5)nn34)cc2s1. The van der Waals surface area contributed by atoms with Crippen LogP contribution in [0.5, 0.6) is 11.6 Å². The van der Waals surface area contributed by atoms with Crippen LogP contribution in [0.15, 0.2) is 64.6 Å². The maximum absolute atomic E-state index is 13.4. The third kappa shape index (κ3) is 5.36. The van der Waals surface area contributed by atoms with Crippen molar-refractivity contribution in [3.63, 3.8) is 0 Å². The molecule has 2 aromatic carbocycles. The minimum atomic E-state index is -0.533. The van der Waals surface area contributed by atoms with E-state index in [1.54, 1.807) is 24.3 Å². The van der Waals surface area contributed by atoms with Crippen LogP contribution < -0.4 is 10.1 Å². The Morgan fingerprint density at radius 2 is 2.03 bits per heavy atom. The first-order chi connectivity index (χ1) is 16.9. The quantitative estimate of drug-likeness (QED) is 0.319. The van der Waals surface area contributed by atoms with Gasteiger partial charge >= 0.3 is 5.97 Å². The highest BCUT2D eigenvalue weighted by Gasteiger charge is 2.13. The molecule has 0 saturated heterocycles. The third-order valence-corrected chi connectivity index (χ3v) is 6.31. The zero-order valence-electron chi connectivity index (χ0n) is 18.0. The molecule has 5 rings (SSSR count). The molecule has 0 spiro atoms. The summed E-state index contributed by atoms with van der Waals surface area (Å²) in [5.41, 5.74) is 1.23. The maximum Gasteiger partial charge on any atom is 0.303 e. The van der Waals surface area contributed by atoms with Gasteiger partial charge in [-0.25, -0.2) is 9.37 Å². The van der Waals surface area contributed by atoms with Crippen molar-refractivity contribution in [1.29, 1.82) is 0 Å². The number of fused-ring (bicyclic) bond motifs is 2. The summed E-state index contributed by atoms with van der Waals surface area (Å²) >= 11 is 2.63. The Balaban J connectivity index is 1.34. The van der Waals surface area contributed by atoms with Crippen LogP contribution in [0, 0.1) is 5.82 Å². The number of anilines is 1. The lowest BCUT2D eigenvalue weighted by molar-refractivity contribution is -0.144. The predicted molar refractivity (Wildman–Crippen MR) is 126 cm³/mol. The van der Waals surface area contributed by atoms with Gasteiger partial charge in [-0.3, -0.25) is 14.9 Å². The summed E-state index contributed by atoms with van der Waals surface area (Å²) in [7, 11) is 0. The van der Waals surface area contributed by atoms with Gasteiger partial charge < -0.3 is 9.47 Å². The lowest BCUT2D eigenvalue weighted by atomic mass is 10.3. The van der Waals surface area contributed by atoms with Crippen LogP contribution in [0.3, 0.4) is 0 Å².